The minimum Gasteiger partial charge on any atom is -0.490 e. The second kappa shape index (κ2) is 13.2. The molecule has 0 saturated carbocycles. The van der Waals surface area contributed by atoms with Gasteiger partial charge < -0.3 is 19.7 Å². The zero-order valence-corrected chi connectivity index (χ0v) is 21.3. The maximum atomic E-state index is 11.3. The van der Waals surface area contributed by atoms with E-state index in [0.29, 0.717) is 31.0 Å². The Hall–Kier alpha value is -4.16. The molecule has 6 nitrogen and oxygen atoms in total. The average molecular weight is 501 g/mol. The first-order valence-corrected chi connectivity index (χ1v) is 12.1. The zero-order valence-electron chi connectivity index (χ0n) is 21.3. The molecule has 3 aromatic carbocycles. The third-order valence-electron chi connectivity index (χ3n) is 5.96. The first kappa shape index (κ1) is 27.4. The van der Waals surface area contributed by atoms with Gasteiger partial charge in [0.05, 0.1) is 0 Å². The fourth-order valence-electron chi connectivity index (χ4n) is 3.87. The van der Waals surface area contributed by atoms with Gasteiger partial charge in [-0.25, -0.2) is 9.59 Å². The summed E-state index contributed by atoms with van der Waals surface area (Å²) >= 11 is 0. The lowest BCUT2D eigenvalue weighted by Gasteiger charge is -2.12. The van der Waals surface area contributed by atoms with Crippen LogP contribution < -0.4 is 4.74 Å². The van der Waals surface area contributed by atoms with Crippen LogP contribution >= 0.6 is 0 Å². The van der Waals surface area contributed by atoms with Crippen LogP contribution in [0.3, 0.4) is 0 Å². The highest BCUT2D eigenvalue weighted by atomic mass is 16.5. The maximum absolute atomic E-state index is 11.3. The number of carbonyl (C=O) groups is 2. The summed E-state index contributed by atoms with van der Waals surface area (Å²) in [7, 11) is 0. The SMILES string of the molecule is CCOC(Cc1ccc(OC/C=C(/C)c2ccc(-c3cccc(/C(C)=C\C(=O)O)c3)cc2)cc1)C(=O)O. The lowest BCUT2D eigenvalue weighted by atomic mass is 9.97. The smallest absolute Gasteiger partial charge is 0.333 e. The van der Waals surface area contributed by atoms with Crippen LogP contribution in [0.15, 0.2) is 84.9 Å². The number of benzene rings is 3. The first-order chi connectivity index (χ1) is 17.8. The van der Waals surface area contributed by atoms with E-state index in [1.54, 1.807) is 13.8 Å². The zero-order chi connectivity index (χ0) is 26.8. The highest BCUT2D eigenvalue weighted by Crippen LogP contribution is 2.26. The van der Waals surface area contributed by atoms with Crippen LogP contribution in [0.4, 0.5) is 0 Å². The fraction of sp³-hybridized carbons (Fsp3) is 0.226. The average Bonchev–Trinajstić information content (AvgIpc) is 2.89. The molecule has 2 N–H and O–H groups in total. The van der Waals surface area contributed by atoms with Crippen LogP contribution in [0.25, 0.3) is 22.3 Å². The van der Waals surface area contributed by atoms with Gasteiger partial charge in [-0.05, 0) is 84.0 Å². The number of aliphatic carboxylic acids is 2. The molecular weight excluding hydrogens is 468 g/mol. The molecule has 0 heterocycles. The number of allylic oxidation sites excluding steroid dienone is 2. The molecule has 0 amide bonds. The van der Waals surface area contributed by atoms with Gasteiger partial charge in [0, 0.05) is 19.1 Å². The van der Waals surface area contributed by atoms with Crippen LogP contribution in [0.1, 0.15) is 37.5 Å². The fourth-order valence-corrected chi connectivity index (χ4v) is 3.87. The summed E-state index contributed by atoms with van der Waals surface area (Å²) in [5.41, 5.74) is 6.68. The summed E-state index contributed by atoms with van der Waals surface area (Å²) in [5.74, 6) is -1.22. The molecule has 6 heteroatoms. The van der Waals surface area contributed by atoms with Crippen LogP contribution in [0.2, 0.25) is 0 Å². The Morgan fingerprint density at radius 3 is 2.19 bits per heavy atom. The van der Waals surface area contributed by atoms with Crippen molar-refractivity contribution in [2.45, 2.75) is 33.3 Å². The Balaban J connectivity index is 1.60. The monoisotopic (exact) mass is 500 g/mol. The van der Waals surface area contributed by atoms with Gasteiger partial charge in [-0.1, -0.05) is 54.6 Å². The van der Waals surface area contributed by atoms with E-state index in [0.717, 1.165) is 33.4 Å². The largest absolute Gasteiger partial charge is 0.490 e. The number of rotatable bonds is 12. The van der Waals surface area contributed by atoms with Crippen molar-refractivity contribution in [1.29, 1.82) is 0 Å². The number of hydrogen-bond donors (Lipinski definition) is 2. The van der Waals surface area contributed by atoms with E-state index >= 15 is 0 Å². The molecule has 0 aliphatic carbocycles. The highest BCUT2D eigenvalue weighted by molar-refractivity contribution is 5.90. The van der Waals surface area contributed by atoms with Crippen molar-refractivity contribution in [2.75, 3.05) is 13.2 Å². The molecule has 0 radical (unpaired) electrons. The van der Waals surface area contributed by atoms with E-state index in [1.165, 1.54) is 6.08 Å². The summed E-state index contributed by atoms with van der Waals surface area (Å²) in [6.07, 6.45) is 2.68. The summed E-state index contributed by atoms with van der Waals surface area (Å²) in [6.45, 7) is 6.35. The molecule has 0 saturated heterocycles. The van der Waals surface area contributed by atoms with Gasteiger partial charge in [0.1, 0.15) is 12.4 Å². The van der Waals surface area contributed by atoms with Crippen molar-refractivity contribution in [3.63, 3.8) is 0 Å². The minimum absolute atomic E-state index is 0.307. The normalized spacial score (nSPS) is 12.7. The molecule has 1 atom stereocenters. The predicted molar refractivity (Wildman–Crippen MR) is 146 cm³/mol. The third-order valence-corrected chi connectivity index (χ3v) is 5.96. The van der Waals surface area contributed by atoms with Gasteiger partial charge in [-0.3, -0.25) is 0 Å². The molecule has 0 aliphatic rings. The molecule has 0 spiro atoms. The van der Waals surface area contributed by atoms with Crippen molar-refractivity contribution >= 4 is 23.1 Å². The van der Waals surface area contributed by atoms with E-state index in [2.05, 4.69) is 12.1 Å². The lowest BCUT2D eigenvalue weighted by molar-refractivity contribution is -0.150. The first-order valence-electron chi connectivity index (χ1n) is 12.1. The molecule has 37 heavy (non-hydrogen) atoms. The minimum atomic E-state index is -0.965. The second-order valence-corrected chi connectivity index (χ2v) is 8.65. The van der Waals surface area contributed by atoms with E-state index in [4.69, 9.17) is 14.6 Å². The van der Waals surface area contributed by atoms with Crippen molar-refractivity contribution in [3.05, 3.63) is 102 Å². The third kappa shape index (κ3) is 8.19. The van der Waals surface area contributed by atoms with Crippen molar-refractivity contribution in [2.24, 2.45) is 0 Å². The number of carboxylic acids is 2. The second-order valence-electron chi connectivity index (χ2n) is 8.65. The molecule has 0 aliphatic heterocycles. The quantitative estimate of drug-likeness (QED) is 0.281. The predicted octanol–water partition coefficient (Wildman–Crippen LogP) is 6.36. The van der Waals surface area contributed by atoms with Crippen LogP contribution in [-0.4, -0.2) is 41.5 Å². The summed E-state index contributed by atoms with van der Waals surface area (Å²) < 4.78 is 11.1. The molecule has 0 fully saturated rings. The van der Waals surface area contributed by atoms with Crippen molar-refractivity contribution in [1.82, 2.24) is 0 Å². The van der Waals surface area contributed by atoms with Gasteiger partial charge in [0.2, 0.25) is 0 Å². The van der Waals surface area contributed by atoms with Crippen LogP contribution in [-0.2, 0) is 20.7 Å². The van der Waals surface area contributed by atoms with E-state index in [-0.39, 0.29) is 0 Å². The standard InChI is InChI=1S/C31H32O6/c1-4-36-29(31(34)35)19-23-8-14-28(15-9-23)37-17-16-21(2)24-10-12-25(13-11-24)27-7-5-6-26(20-27)22(3)18-30(32)33/h5-16,18,20,29H,4,17,19H2,1-3H3,(H,32,33)(H,34,35)/b21-16-,22-18-. The van der Waals surface area contributed by atoms with Gasteiger partial charge in [-0.2, -0.15) is 0 Å². The van der Waals surface area contributed by atoms with E-state index in [9.17, 15) is 14.7 Å². The number of hydrogen-bond acceptors (Lipinski definition) is 4. The van der Waals surface area contributed by atoms with E-state index in [1.807, 2.05) is 73.7 Å². The Morgan fingerprint density at radius 1 is 0.865 bits per heavy atom. The van der Waals surface area contributed by atoms with Crippen LogP contribution in [0.5, 0.6) is 5.75 Å². The topological polar surface area (TPSA) is 93.1 Å². The molecule has 1 unspecified atom stereocenters. The highest BCUT2D eigenvalue weighted by Gasteiger charge is 2.17. The molecule has 3 rings (SSSR count). The maximum Gasteiger partial charge on any atom is 0.333 e. The van der Waals surface area contributed by atoms with Crippen molar-refractivity contribution in [3.8, 4) is 16.9 Å². The van der Waals surface area contributed by atoms with Gasteiger partial charge in [-0.15, -0.1) is 0 Å². The lowest BCUT2D eigenvalue weighted by Crippen LogP contribution is -2.26. The summed E-state index contributed by atoms with van der Waals surface area (Å²) in [4.78, 5) is 22.2. The molecule has 0 aromatic heterocycles. The van der Waals surface area contributed by atoms with Crippen molar-refractivity contribution < 1.29 is 29.3 Å². The molecule has 0 bridgehead atoms. The van der Waals surface area contributed by atoms with Gasteiger partial charge in [0.25, 0.3) is 0 Å². The summed E-state index contributed by atoms with van der Waals surface area (Å²) in [6, 6.07) is 23.4. The molecule has 3 aromatic rings. The number of carboxylic acid groups (broad SMARTS) is 2. The van der Waals surface area contributed by atoms with Gasteiger partial charge >= 0.3 is 11.9 Å². The Bertz CT molecular complexity index is 1270. The number of ether oxygens (including phenoxy) is 2. The van der Waals surface area contributed by atoms with Gasteiger partial charge in [0.15, 0.2) is 6.10 Å². The van der Waals surface area contributed by atoms with Crippen LogP contribution in [0, 0.1) is 0 Å². The molecular formula is C31H32O6. The van der Waals surface area contributed by atoms with E-state index < -0.39 is 18.0 Å². The Labute approximate surface area is 217 Å². The molecule has 192 valence electrons. The Morgan fingerprint density at radius 2 is 1.57 bits per heavy atom. The Kier molecular flexibility index (Phi) is 9.81. The summed E-state index contributed by atoms with van der Waals surface area (Å²) in [5, 5.41) is 18.2.